The molecular formula is C23H29NO7. The second kappa shape index (κ2) is 10.1. The van der Waals surface area contributed by atoms with Crippen molar-refractivity contribution in [2.24, 2.45) is 0 Å². The summed E-state index contributed by atoms with van der Waals surface area (Å²) < 4.78 is 20.7. The quantitative estimate of drug-likeness (QED) is 0.295. The smallest absolute Gasteiger partial charge is 0.412 e. The minimum absolute atomic E-state index is 0.155. The van der Waals surface area contributed by atoms with Crippen molar-refractivity contribution in [1.82, 2.24) is 4.90 Å². The van der Waals surface area contributed by atoms with Crippen molar-refractivity contribution in [3.8, 4) is 5.75 Å². The van der Waals surface area contributed by atoms with Gasteiger partial charge >= 0.3 is 18.0 Å². The first-order valence-corrected chi connectivity index (χ1v) is 9.91. The Morgan fingerprint density at radius 1 is 1.03 bits per heavy atom. The molecule has 8 heteroatoms. The third-order valence-electron chi connectivity index (χ3n) is 4.39. The lowest BCUT2D eigenvalue weighted by Gasteiger charge is -2.32. The Morgan fingerprint density at radius 2 is 1.65 bits per heavy atom. The molecule has 0 N–H and O–H groups in total. The molecule has 168 valence electrons. The lowest BCUT2D eigenvalue weighted by atomic mass is 10.0. The molecule has 8 nitrogen and oxygen atoms in total. The van der Waals surface area contributed by atoms with Gasteiger partial charge in [-0.2, -0.15) is 0 Å². The molecule has 0 fully saturated rings. The van der Waals surface area contributed by atoms with E-state index in [1.54, 1.807) is 71.2 Å². The maximum absolute atomic E-state index is 13.0. The zero-order valence-corrected chi connectivity index (χ0v) is 18.7. The molecule has 0 spiro atoms. The molecule has 1 aromatic rings. The molecule has 1 aliphatic rings. The van der Waals surface area contributed by atoms with Gasteiger partial charge in [0.05, 0.1) is 32.4 Å². The van der Waals surface area contributed by atoms with Crippen LogP contribution < -0.4 is 4.74 Å². The van der Waals surface area contributed by atoms with Gasteiger partial charge in [-0.25, -0.2) is 14.4 Å². The average molecular weight is 431 g/mol. The lowest BCUT2D eigenvalue weighted by Crippen LogP contribution is -2.49. The van der Waals surface area contributed by atoms with E-state index in [1.165, 1.54) is 18.1 Å². The Labute approximate surface area is 182 Å². The molecule has 2 atom stereocenters. The molecule has 1 amide bonds. The molecule has 0 saturated heterocycles. The van der Waals surface area contributed by atoms with Crippen LogP contribution >= 0.6 is 0 Å². The highest BCUT2D eigenvalue weighted by Gasteiger charge is 2.43. The second-order valence-corrected chi connectivity index (χ2v) is 7.78. The molecule has 1 aromatic carbocycles. The molecule has 0 unspecified atom stereocenters. The fourth-order valence-electron chi connectivity index (χ4n) is 3.04. The van der Waals surface area contributed by atoms with Gasteiger partial charge in [-0.15, -0.1) is 0 Å². The van der Waals surface area contributed by atoms with Crippen LogP contribution in [0, 0.1) is 0 Å². The van der Waals surface area contributed by atoms with Crippen LogP contribution in [-0.4, -0.2) is 61.4 Å². The van der Waals surface area contributed by atoms with Gasteiger partial charge in [-0.1, -0.05) is 24.3 Å². The van der Waals surface area contributed by atoms with Gasteiger partial charge in [0.1, 0.15) is 11.4 Å². The Bertz CT molecular complexity index is 865. The Kier molecular flexibility index (Phi) is 7.85. The molecule has 31 heavy (non-hydrogen) atoms. The molecular weight excluding hydrogens is 402 g/mol. The van der Waals surface area contributed by atoms with Crippen molar-refractivity contribution in [3.63, 3.8) is 0 Å². The van der Waals surface area contributed by atoms with Gasteiger partial charge in [0.15, 0.2) is 6.04 Å². The first-order chi connectivity index (χ1) is 14.6. The van der Waals surface area contributed by atoms with E-state index in [0.717, 1.165) is 0 Å². The molecule has 0 aromatic heterocycles. The summed E-state index contributed by atoms with van der Waals surface area (Å²) in [7, 11) is 2.79. The Morgan fingerprint density at radius 3 is 2.16 bits per heavy atom. The number of esters is 2. The highest BCUT2D eigenvalue weighted by molar-refractivity contribution is 5.97. The molecule has 0 aliphatic carbocycles. The van der Waals surface area contributed by atoms with E-state index in [2.05, 4.69) is 0 Å². The van der Waals surface area contributed by atoms with Gasteiger partial charge < -0.3 is 18.9 Å². The van der Waals surface area contributed by atoms with Crippen LogP contribution in [0.3, 0.4) is 0 Å². The summed E-state index contributed by atoms with van der Waals surface area (Å²) in [5, 5.41) is 0. The Hall–Kier alpha value is -3.29. The molecule has 2 rings (SSSR count). The van der Waals surface area contributed by atoms with Gasteiger partial charge in [0.25, 0.3) is 0 Å². The second-order valence-electron chi connectivity index (χ2n) is 7.78. The number of nitrogens with zero attached hydrogens (tertiary/aromatic N) is 1. The van der Waals surface area contributed by atoms with E-state index in [0.29, 0.717) is 11.3 Å². The normalized spacial score (nSPS) is 18.5. The molecule has 1 heterocycles. The Balaban J connectivity index is 2.51. The maximum atomic E-state index is 13.0. The summed E-state index contributed by atoms with van der Waals surface area (Å²) in [6, 6.07) is 5.14. The minimum Gasteiger partial charge on any atom is -0.497 e. The van der Waals surface area contributed by atoms with Crippen LogP contribution in [0.1, 0.15) is 33.3 Å². The highest BCUT2D eigenvalue weighted by atomic mass is 16.6. The first kappa shape index (κ1) is 24.0. The SMILES string of the molecule is CCOC(=O)/C(=C\c1ccc(OC)cc1)[C@H]1C=C[C@@H](C(=O)OC)N1C(=O)OC(C)(C)C. The number of carbonyl (C=O) groups is 3. The highest BCUT2D eigenvalue weighted by Crippen LogP contribution is 2.29. The average Bonchev–Trinajstić information content (AvgIpc) is 3.15. The van der Waals surface area contributed by atoms with Gasteiger partial charge in [-0.05, 0) is 51.5 Å². The minimum atomic E-state index is -1.03. The van der Waals surface area contributed by atoms with Gasteiger partial charge in [0, 0.05) is 0 Å². The van der Waals surface area contributed by atoms with Crippen molar-refractivity contribution in [3.05, 3.63) is 47.6 Å². The third-order valence-corrected chi connectivity index (χ3v) is 4.39. The lowest BCUT2D eigenvalue weighted by molar-refractivity contribution is -0.145. The number of methoxy groups -OCH3 is 2. The number of ether oxygens (including phenoxy) is 4. The number of rotatable bonds is 6. The van der Waals surface area contributed by atoms with Gasteiger partial charge in [0.2, 0.25) is 0 Å². The van der Waals surface area contributed by atoms with Crippen LogP contribution in [-0.2, 0) is 23.8 Å². The fraction of sp³-hybridized carbons (Fsp3) is 0.435. The van der Waals surface area contributed by atoms with Crippen molar-refractivity contribution < 1.29 is 33.3 Å². The van der Waals surface area contributed by atoms with Crippen LogP contribution in [0.15, 0.2) is 42.0 Å². The monoisotopic (exact) mass is 431 g/mol. The van der Waals surface area contributed by atoms with Crippen molar-refractivity contribution >= 4 is 24.1 Å². The maximum Gasteiger partial charge on any atom is 0.412 e. The number of amides is 1. The summed E-state index contributed by atoms with van der Waals surface area (Å²) in [5.74, 6) is -0.582. The van der Waals surface area contributed by atoms with Crippen molar-refractivity contribution in [2.75, 3.05) is 20.8 Å². The predicted molar refractivity (Wildman–Crippen MR) is 114 cm³/mol. The van der Waals surface area contributed by atoms with Crippen LogP contribution in [0.2, 0.25) is 0 Å². The number of carbonyl (C=O) groups excluding carboxylic acids is 3. The molecule has 1 aliphatic heterocycles. The largest absolute Gasteiger partial charge is 0.497 e. The van der Waals surface area contributed by atoms with Gasteiger partial charge in [-0.3, -0.25) is 4.90 Å². The summed E-state index contributed by atoms with van der Waals surface area (Å²) in [5.41, 5.74) is 0.0812. The van der Waals surface area contributed by atoms with Crippen LogP contribution in [0.5, 0.6) is 5.75 Å². The first-order valence-electron chi connectivity index (χ1n) is 9.91. The van der Waals surface area contributed by atoms with Crippen LogP contribution in [0.4, 0.5) is 4.79 Å². The number of benzene rings is 1. The van der Waals surface area contributed by atoms with E-state index in [-0.39, 0.29) is 12.2 Å². The number of hydrogen-bond donors (Lipinski definition) is 0. The number of hydrogen-bond acceptors (Lipinski definition) is 7. The van der Waals surface area contributed by atoms with E-state index in [1.807, 2.05) is 0 Å². The van der Waals surface area contributed by atoms with E-state index in [9.17, 15) is 14.4 Å². The zero-order chi connectivity index (χ0) is 23.2. The fourth-order valence-corrected chi connectivity index (χ4v) is 3.04. The standard InChI is InChI=1S/C23H29NO7/c1-7-30-20(25)17(14-15-8-10-16(28-5)11-9-15)18-12-13-19(21(26)29-6)24(18)22(27)31-23(2,3)4/h8-14,18-19H,7H2,1-6H3/b17-14-/t18-,19+/m1/s1. The molecule has 0 saturated carbocycles. The predicted octanol–water partition coefficient (Wildman–Crippen LogP) is 3.36. The van der Waals surface area contributed by atoms with E-state index < -0.39 is 35.7 Å². The van der Waals surface area contributed by atoms with Crippen molar-refractivity contribution in [1.29, 1.82) is 0 Å². The third kappa shape index (κ3) is 6.10. The summed E-state index contributed by atoms with van der Waals surface area (Å²) >= 11 is 0. The van der Waals surface area contributed by atoms with E-state index >= 15 is 0 Å². The zero-order valence-electron chi connectivity index (χ0n) is 18.7. The summed E-state index contributed by atoms with van der Waals surface area (Å²) in [6.45, 7) is 7.00. The van der Waals surface area contributed by atoms with E-state index in [4.69, 9.17) is 18.9 Å². The summed E-state index contributed by atoms with van der Waals surface area (Å²) in [6.07, 6.45) is 3.98. The molecule has 0 bridgehead atoms. The van der Waals surface area contributed by atoms with Crippen LogP contribution in [0.25, 0.3) is 6.08 Å². The summed E-state index contributed by atoms with van der Waals surface area (Å²) in [4.78, 5) is 39.3. The molecule has 0 radical (unpaired) electrons. The van der Waals surface area contributed by atoms with Crippen molar-refractivity contribution in [2.45, 2.75) is 45.4 Å². The topological polar surface area (TPSA) is 91.4 Å².